The highest BCUT2D eigenvalue weighted by atomic mass is 32.1. The van der Waals surface area contributed by atoms with Crippen LogP contribution in [-0.2, 0) is 6.42 Å². The predicted molar refractivity (Wildman–Crippen MR) is 66.3 cm³/mol. The summed E-state index contributed by atoms with van der Waals surface area (Å²) in [5.41, 5.74) is 2.55. The summed E-state index contributed by atoms with van der Waals surface area (Å²) in [4.78, 5) is 14.3. The van der Waals surface area contributed by atoms with Gasteiger partial charge < -0.3 is 0 Å². The summed E-state index contributed by atoms with van der Waals surface area (Å²) < 4.78 is 0. The molecule has 0 saturated heterocycles. The average Bonchev–Trinajstić information content (AvgIpc) is 2.67. The van der Waals surface area contributed by atoms with Gasteiger partial charge in [-0.15, -0.1) is 11.3 Å². The van der Waals surface area contributed by atoms with Gasteiger partial charge in [-0.2, -0.15) is 0 Å². The Morgan fingerprint density at radius 3 is 2.75 bits per heavy atom. The molecule has 1 aromatic carbocycles. The standard InChI is InChI=1S/C14H12OS/c1-9-6-7-13(16-9)14(15)12-8-10-4-2-3-5-11(10)12/h2-7,12H,8H2,1H3. The first-order valence-corrected chi connectivity index (χ1v) is 6.26. The molecule has 1 heterocycles. The van der Waals surface area contributed by atoms with Gasteiger partial charge >= 0.3 is 0 Å². The maximum absolute atomic E-state index is 12.2. The number of Topliss-reactive ketones (excluding diaryl/α,β-unsaturated/α-hetero) is 1. The molecule has 1 nitrogen and oxygen atoms in total. The fourth-order valence-corrected chi connectivity index (χ4v) is 3.09. The summed E-state index contributed by atoms with van der Waals surface area (Å²) in [6.07, 6.45) is 0.909. The average molecular weight is 228 g/mol. The van der Waals surface area contributed by atoms with E-state index in [1.54, 1.807) is 11.3 Å². The molecule has 1 atom stereocenters. The lowest BCUT2D eigenvalue weighted by Crippen LogP contribution is -2.24. The van der Waals surface area contributed by atoms with Gasteiger partial charge in [-0.3, -0.25) is 4.79 Å². The summed E-state index contributed by atoms with van der Waals surface area (Å²) in [5, 5.41) is 0. The highest BCUT2D eigenvalue weighted by Gasteiger charge is 2.32. The van der Waals surface area contributed by atoms with E-state index < -0.39 is 0 Å². The molecule has 0 radical (unpaired) electrons. The van der Waals surface area contributed by atoms with E-state index in [1.807, 2.05) is 31.2 Å². The number of aryl methyl sites for hydroxylation is 1. The van der Waals surface area contributed by atoms with Crippen molar-refractivity contribution >= 4 is 17.1 Å². The van der Waals surface area contributed by atoms with Crippen LogP contribution in [-0.4, -0.2) is 5.78 Å². The molecular formula is C14H12OS. The number of hydrogen-bond acceptors (Lipinski definition) is 2. The van der Waals surface area contributed by atoms with Gasteiger partial charge in [0, 0.05) is 4.88 Å². The van der Waals surface area contributed by atoms with E-state index in [1.165, 1.54) is 16.0 Å². The van der Waals surface area contributed by atoms with Gasteiger partial charge in [0.15, 0.2) is 5.78 Å². The second kappa shape index (κ2) is 3.56. The van der Waals surface area contributed by atoms with E-state index in [-0.39, 0.29) is 11.7 Å². The van der Waals surface area contributed by atoms with Crippen LogP contribution in [0.3, 0.4) is 0 Å². The molecule has 1 unspecified atom stereocenters. The molecule has 0 fully saturated rings. The third kappa shape index (κ3) is 1.41. The van der Waals surface area contributed by atoms with Gasteiger partial charge in [0.1, 0.15) is 0 Å². The van der Waals surface area contributed by atoms with Crippen molar-refractivity contribution in [2.24, 2.45) is 0 Å². The van der Waals surface area contributed by atoms with Gasteiger partial charge in [0.05, 0.1) is 10.8 Å². The number of carbonyl (C=O) groups is 1. The molecule has 1 aliphatic rings. The summed E-state index contributed by atoms with van der Waals surface area (Å²) in [6.45, 7) is 2.04. The number of benzene rings is 1. The molecule has 3 rings (SSSR count). The Labute approximate surface area is 98.7 Å². The Balaban J connectivity index is 1.90. The smallest absolute Gasteiger partial charge is 0.180 e. The van der Waals surface area contributed by atoms with Crippen molar-refractivity contribution in [3.63, 3.8) is 0 Å². The maximum atomic E-state index is 12.2. The molecule has 1 aromatic heterocycles. The van der Waals surface area contributed by atoms with Crippen LogP contribution in [0.2, 0.25) is 0 Å². The van der Waals surface area contributed by atoms with Crippen LogP contribution in [0.4, 0.5) is 0 Å². The highest BCUT2D eigenvalue weighted by molar-refractivity contribution is 7.14. The van der Waals surface area contributed by atoms with Crippen molar-refractivity contribution < 1.29 is 4.79 Å². The van der Waals surface area contributed by atoms with Crippen molar-refractivity contribution in [1.82, 2.24) is 0 Å². The zero-order valence-electron chi connectivity index (χ0n) is 9.07. The summed E-state index contributed by atoms with van der Waals surface area (Å²) in [7, 11) is 0. The van der Waals surface area contributed by atoms with E-state index in [0.717, 1.165) is 11.3 Å². The van der Waals surface area contributed by atoms with Crippen LogP contribution in [0.1, 0.15) is 31.6 Å². The molecule has 2 aromatic rings. The molecule has 1 aliphatic carbocycles. The van der Waals surface area contributed by atoms with Crippen LogP contribution in [0, 0.1) is 6.92 Å². The largest absolute Gasteiger partial charge is 0.293 e. The van der Waals surface area contributed by atoms with E-state index in [0.29, 0.717) is 0 Å². The molecule has 2 heteroatoms. The van der Waals surface area contributed by atoms with Gasteiger partial charge in [-0.1, -0.05) is 24.3 Å². The number of fused-ring (bicyclic) bond motifs is 1. The first kappa shape index (κ1) is 9.79. The number of hydrogen-bond donors (Lipinski definition) is 0. The van der Waals surface area contributed by atoms with E-state index >= 15 is 0 Å². The number of thiophene rings is 1. The fourth-order valence-electron chi connectivity index (χ4n) is 2.23. The van der Waals surface area contributed by atoms with Crippen LogP contribution in [0.5, 0.6) is 0 Å². The third-order valence-corrected chi connectivity index (χ3v) is 4.17. The highest BCUT2D eigenvalue weighted by Crippen LogP contribution is 2.38. The second-order valence-corrected chi connectivity index (χ2v) is 5.52. The monoisotopic (exact) mass is 228 g/mol. The molecule has 0 aliphatic heterocycles. The lowest BCUT2D eigenvalue weighted by Gasteiger charge is -2.28. The zero-order valence-corrected chi connectivity index (χ0v) is 9.88. The van der Waals surface area contributed by atoms with Crippen molar-refractivity contribution in [3.8, 4) is 0 Å². The molecule has 0 amide bonds. The molecule has 80 valence electrons. The Morgan fingerprint density at radius 2 is 2.06 bits per heavy atom. The van der Waals surface area contributed by atoms with E-state index in [9.17, 15) is 4.79 Å². The van der Waals surface area contributed by atoms with Gasteiger partial charge in [-0.25, -0.2) is 0 Å². The molecular weight excluding hydrogens is 216 g/mol. The molecule has 0 N–H and O–H groups in total. The number of rotatable bonds is 2. The normalized spacial score (nSPS) is 17.7. The topological polar surface area (TPSA) is 17.1 Å². The molecule has 16 heavy (non-hydrogen) atoms. The maximum Gasteiger partial charge on any atom is 0.180 e. The summed E-state index contributed by atoms with van der Waals surface area (Å²) in [5.74, 6) is 0.394. The van der Waals surface area contributed by atoms with Crippen LogP contribution in [0.15, 0.2) is 36.4 Å². The van der Waals surface area contributed by atoms with Crippen molar-refractivity contribution in [1.29, 1.82) is 0 Å². The Bertz CT molecular complexity index is 553. The van der Waals surface area contributed by atoms with Crippen molar-refractivity contribution in [2.45, 2.75) is 19.3 Å². The summed E-state index contributed by atoms with van der Waals surface area (Å²) in [6, 6.07) is 12.2. The van der Waals surface area contributed by atoms with Gasteiger partial charge in [0.25, 0.3) is 0 Å². The van der Waals surface area contributed by atoms with Gasteiger partial charge in [0.2, 0.25) is 0 Å². The number of carbonyl (C=O) groups excluding carboxylic acids is 1. The van der Waals surface area contributed by atoms with Crippen LogP contribution < -0.4 is 0 Å². The Hall–Kier alpha value is -1.41. The predicted octanol–water partition coefficient (Wildman–Crippen LogP) is 3.58. The lowest BCUT2D eigenvalue weighted by atomic mass is 9.75. The molecule has 0 bridgehead atoms. The minimum absolute atomic E-state index is 0.106. The fraction of sp³-hybridized carbons (Fsp3) is 0.214. The van der Waals surface area contributed by atoms with Gasteiger partial charge in [-0.05, 0) is 36.6 Å². The second-order valence-electron chi connectivity index (χ2n) is 4.23. The quantitative estimate of drug-likeness (QED) is 0.718. The van der Waals surface area contributed by atoms with Crippen molar-refractivity contribution in [2.75, 3.05) is 0 Å². The van der Waals surface area contributed by atoms with E-state index in [4.69, 9.17) is 0 Å². The summed E-state index contributed by atoms with van der Waals surface area (Å²) >= 11 is 1.60. The van der Waals surface area contributed by atoms with Crippen LogP contribution in [0.25, 0.3) is 0 Å². The molecule has 0 saturated carbocycles. The SMILES string of the molecule is Cc1ccc(C(=O)C2Cc3ccccc32)s1. The zero-order chi connectivity index (χ0) is 11.1. The third-order valence-electron chi connectivity index (χ3n) is 3.15. The first-order valence-electron chi connectivity index (χ1n) is 5.44. The lowest BCUT2D eigenvalue weighted by molar-refractivity contribution is 0.0953. The number of ketones is 1. The minimum Gasteiger partial charge on any atom is -0.293 e. The Kier molecular flexibility index (Phi) is 2.18. The van der Waals surface area contributed by atoms with Crippen LogP contribution >= 0.6 is 11.3 Å². The van der Waals surface area contributed by atoms with E-state index in [2.05, 4.69) is 12.1 Å². The minimum atomic E-state index is 0.106. The molecule has 0 spiro atoms. The Morgan fingerprint density at radius 1 is 1.25 bits per heavy atom. The first-order chi connectivity index (χ1) is 7.75. The van der Waals surface area contributed by atoms with Crippen molar-refractivity contribution in [3.05, 3.63) is 57.3 Å².